The van der Waals surface area contributed by atoms with E-state index in [9.17, 15) is 14.7 Å². The highest BCUT2D eigenvalue weighted by Gasteiger charge is 2.35. The molecule has 0 radical (unpaired) electrons. The van der Waals surface area contributed by atoms with E-state index in [1.807, 2.05) is 6.07 Å². The molecule has 3 rings (SSSR count). The zero-order valence-corrected chi connectivity index (χ0v) is 11.5. The molecular formula is C15H17N3O3. The fourth-order valence-corrected chi connectivity index (χ4v) is 2.99. The van der Waals surface area contributed by atoms with Crippen molar-refractivity contribution in [3.05, 3.63) is 24.5 Å². The molecule has 2 aromatic rings. The molecule has 1 heterocycles. The van der Waals surface area contributed by atoms with Gasteiger partial charge >= 0.3 is 5.97 Å². The Bertz CT molecular complexity index is 680. The Balaban J connectivity index is 1.76. The number of H-pyrrole nitrogens is 1. The van der Waals surface area contributed by atoms with Gasteiger partial charge in [-0.15, -0.1) is 0 Å². The number of rotatable bonds is 3. The number of imidazole rings is 1. The summed E-state index contributed by atoms with van der Waals surface area (Å²) in [5.74, 6) is -2.11. The van der Waals surface area contributed by atoms with Crippen LogP contribution in [0.1, 0.15) is 25.7 Å². The van der Waals surface area contributed by atoms with Crippen LogP contribution in [-0.2, 0) is 9.59 Å². The van der Waals surface area contributed by atoms with Crippen LogP contribution in [-0.4, -0.2) is 27.0 Å². The van der Waals surface area contributed by atoms with Gasteiger partial charge in [-0.1, -0.05) is 12.8 Å². The van der Waals surface area contributed by atoms with Crippen LogP contribution < -0.4 is 5.32 Å². The first-order valence-electron chi connectivity index (χ1n) is 7.12. The number of nitrogens with zero attached hydrogens (tertiary/aromatic N) is 1. The number of aliphatic carboxylic acids is 1. The molecule has 1 aliphatic rings. The van der Waals surface area contributed by atoms with Crippen LogP contribution in [0, 0.1) is 11.8 Å². The molecule has 3 N–H and O–H groups in total. The number of fused-ring (bicyclic) bond motifs is 1. The van der Waals surface area contributed by atoms with Crippen molar-refractivity contribution in [3.8, 4) is 0 Å². The SMILES string of the molecule is O=C(O)C1CCCCC1C(=O)Nc1ccc2nc[nH]c2c1. The molecule has 21 heavy (non-hydrogen) atoms. The predicted molar refractivity (Wildman–Crippen MR) is 77.8 cm³/mol. The molecule has 110 valence electrons. The van der Waals surface area contributed by atoms with E-state index in [-0.39, 0.29) is 5.91 Å². The highest BCUT2D eigenvalue weighted by Crippen LogP contribution is 2.31. The van der Waals surface area contributed by atoms with Gasteiger partial charge in [0.15, 0.2) is 0 Å². The Morgan fingerprint density at radius 2 is 2.00 bits per heavy atom. The van der Waals surface area contributed by atoms with Crippen LogP contribution in [0.3, 0.4) is 0 Å². The molecule has 1 fully saturated rings. The first-order chi connectivity index (χ1) is 10.1. The maximum Gasteiger partial charge on any atom is 0.307 e. The summed E-state index contributed by atoms with van der Waals surface area (Å²) in [6.07, 6.45) is 4.59. The largest absolute Gasteiger partial charge is 0.481 e. The van der Waals surface area contributed by atoms with E-state index in [0.29, 0.717) is 18.5 Å². The molecule has 6 heteroatoms. The fourth-order valence-electron chi connectivity index (χ4n) is 2.99. The lowest BCUT2D eigenvalue weighted by Crippen LogP contribution is -2.36. The molecule has 1 aromatic carbocycles. The molecule has 2 atom stereocenters. The average Bonchev–Trinajstić information content (AvgIpc) is 2.94. The number of amides is 1. The number of hydrogen-bond acceptors (Lipinski definition) is 3. The van der Waals surface area contributed by atoms with Crippen molar-refractivity contribution in [2.75, 3.05) is 5.32 Å². The lowest BCUT2D eigenvalue weighted by atomic mass is 9.78. The molecule has 1 aliphatic carbocycles. The summed E-state index contributed by atoms with van der Waals surface area (Å²) in [6, 6.07) is 5.40. The normalized spacial score (nSPS) is 22.1. The first-order valence-corrected chi connectivity index (χ1v) is 7.12. The maximum atomic E-state index is 12.4. The van der Waals surface area contributed by atoms with Crippen molar-refractivity contribution < 1.29 is 14.7 Å². The molecule has 1 amide bonds. The molecule has 2 unspecified atom stereocenters. The van der Waals surface area contributed by atoms with Crippen molar-refractivity contribution >= 4 is 28.6 Å². The van der Waals surface area contributed by atoms with Crippen molar-refractivity contribution in [1.82, 2.24) is 9.97 Å². The summed E-state index contributed by atoms with van der Waals surface area (Å²) < 4.78 is 0. The van der Waals surface area contributed by atoms with Gasteiger partial charge in [0, 0.05) is 5.69 Å². The van der Waals surface area contributed by atoms with E-state index in [4.69, 9.17) is 0 Å². The van der Waals surface area contributed by atoms with Gasteiger partial charge in [0.2, 0.25) is 5.91 Å². The summed E-state index contributed by atoms with van der Waals surface area (Å²) in [4.78, 5) is 30.7. The molecule has 0 saturated heterocycles. The second-order valence-corrected chi connectivity index (χ2v) is 5.46. The molecule has 0 bridgehead atoms. The lowest BCUT2D eigenvalue weighted by Gasteiger charge is -2.27. The number of aromatic amines is 1. The smallest absolute Gasteiger partial charge is 0.307 e. The van der Waals surface area contributed by atoms with Crippen molar-refractivity contribution in [3.63, 3.8) is 0 Å². The minimum Gasteiger partial charge on any atom is -0.481 e. The van der Waals surface area contributed by atoms with Crippen molar-refractivity contribution in [2.45, 2.75) is 25.7 Å². The van der Waals surface area contributed by atoms with Gasteiger partial charge in [0.25, 0.3) is 0 Å². The summed E-state index contributed by atoms with van der Waals surface area (Å²) in [5.41, 5.74) is 2.33. The zero-order chi connectivity index (χ0) is 14.8. The highest BCUT2D eigenvalue weighted by molar-refractivity contribution is 5.96. The van der Waals surface area contributed by atoms with Gasteiger partial charge in [0.1, 0.15) is 0 Å². The molecule has 0 aliphatic heterocycles. The van der Waals surface area contributed by atoms with Crippen LogP contribution >= 0.6 is 0 Å². The number of carboxylic acid groups (broad SMARTS) is 1. The fraction of sp³-hybridized carbons (Fsp3) is 0.400. The Morgan fingerprint density at radius 3 is 2.76 bits per heavy atom. The number of anilines is 1. The number of aromatic nitrogens is 2. The molecule has 6 nitrogen and oxygen atoms in total. The van der Waals surface area contributed by atoms with Crippen molar-refractivity contribution in [1.29, 1.82) is 0 Å². The second kappa shape index (κ2) is 5.55. The summed E-state index contributed by atoms with van der Waals surface area (Å²) in [6.45, 7) is 0. The summed E-state index contributed by atoms with van der Waals surface area (Å²) in [7, 11) is 0. The third kappa shape index (κ3) is 2.74. The Hall–Kier alpha value is -2.37. The molecule has 1 aromatic heterocycles. The maximum absolute atomic E-state index is 12.4. The van der Waals surface area contributed by atoms with E-state index in [2.05, 4.69) is 15.3 Å². The number of carbonyl (C=O) groups is 2. The average molecular weight is 287 g/mol. The topological polar surface area (TPSA) is 95.1 Å². The van der Waals surface area contributed by atoms with Crippen LogP contribution in [0.5, 0.6) is 0 Å². The van der Waals surface area contributed by atoms with Crippen LogP contribution in [0.25, 0.3) is 11.0 Å². The Kier molecular flexibility index (Phi) is 3.60. The van der Waals surface area contributed by atoms with Gasteiger partial charge in [-0.3, -0.25) is 9.59 Å². The monoisotopic (exact) mass is 287 g/mol. The summed E-state index contributed by atoms with van der Waals surface area (Å²) in [5, 5.41) is 12.1. The third-order valence-electron chi connectivity index (χ3n) is 4.11. The lowest BCUT2D eigenvalue weighted by molar-refractivity contribution is -0.147. The minimum absolute atomic E-state index is 0.207. The van der Waals surface area contributed by atoms with Gasteiger partial charge in [-0.25, -0.2) is 4.98 Å². The quantitative estimate of drug-likeness (QED) is 0.807. The third-order valence-corrected chi connectivity index (χ3v) is 4.11. The van der Waals surface area contributed by atoms with Crippen LogP contribution in [0.2, 0.25) is 0 Å². The number of benzene rings is 1. The van der Waals surface area contributed by atoms with Gasteiger partial charge in [0.05, 0.1) is 29.2 Å². The first kappa shape index (κ1) is 13.6. The predicted octanol–water partition coefficient (Wildman–Crippen LogP) is 2.39. The molecule has 0 spiro atoms. The minimum atomic E-state index is -0.876. The van der Waals surface area contributed by atoms with E-state index in [1.54, 1.807) is 18.5 Å². The molecule has 1 saturated carbocycles. The number of carboxylic acids is 1. The van der Waals surface area contributed by atoms with Crippen molar-refractivity contribution in [2.24, 2.45) is 11.8 Å². The van der Waals surface area contributed by atoms with Crippen LogP contribution in [0.4, 0.5) is 5.69 Å². The Morgan fingerprint density at radius 1 is 1.24 bits per heavy atom. The Labute approximate surface area is 121 Å². The van der Waals surface area contributed by atoms with Gasteiger partial charge in [-0.2, -0.15) is 0 Å². The number of nitrogens with one attached hydrogen (secondary N) is 2. The van der Waals surface area contributed by atoms with Gasteiger partial charge < -0.3 is 15.4 Å². The van der Waals surface area contributed by atoms with Gasteiger partial charge in [-0.05, 0) is 31.0 Å². The molecular weight excluding hydrogens is 270 g/mol. The summed E-state index contributed by atoms with van der Waals surface area (Å²) >= 11 is 0. The van der Waals surface area contributed by atoms with Crippen LogP contribution in [0.15, 0.2) is 24.5 Å². The number of hydrogen-bond donors (Lipinski definition) is 3. The highest BCUT2D eigenvalue weighted by atomic mass is 16.4. The zero-order valence-electron chi connectivity index (χ0n) is 11.5. The number of carbonyl (C=O) groups excluding carboxylic acids is 1. The standard InChI is InChI=1S/C15H17N3O3/c19-14(10-3-1-2-4-11(10)15(20)21)18-9-5-6-12-13(7-9)17-8-16-12/h5-8,10-11H,1-4H2,(H,16,17)(H,18,19)(H,20,21). The van der Waals surface area contributed by atoms with E-state index in [0.717, 1.165) is 23.9 Å². The van der Waals surface area contributed by atoms with E-state index < -0.39 is 17.8 Å². The second-order valence-electron chi connectivity index (χ2n) is 5.46. The van der Waals surface area contributed by atoms with E-state index >= 15 is 0 Å². The van der Waals surface area contributed by atoms with E-state index in [1.165, 1.54) is 0 Å².